The number of hydrogen-bond acceptors (Lipinski definition) is 3. The standard InChI is InChI=1S/C10H6F2N4/c11-8-2-9(12)6(1-5(8)3-13)7-4-15-16-10(7)14/h1-2,4H,(H3,14,15,16). The molecule has 16 heavy (non-hydrogen) atoms. The van der Waals surface area contributed by atoms with E-state index in [2.05, 4.69) is 10.2 Å². The van der Waals surface area contributed by atoms with Crippen LogP contribution < -0.4 is 5.73 Å². The summed E-state index contributed by atoms with van der Waals surface area (Å²) in [5.74, 6) is -1.52. The van der Waals surface area contributed by atoms with Gasteiger partial charge in [-0.3, -0.25) is 5.10 Å². The lowest BCUT2D eigenvalue weighted by Crippen LogP contribution is -1.93. The number of halogens is 2. The van der Waals surface area contributed by atoms with Gasteiger partial charge in [0, 0.05) is 17.2 Å². The maximum Gasteiger partial charge on any atom is 0.143 e. The van der Waals surface area contributed by atoms with Gasteiger partial charge in [0.2, 0.25) is 0 Å². The van der Waals surface area contributed by atoms with E-state index in [1.165, 1.54) is 6.20 Å². The maximum atomic E-state index is 13.5. The Bertz CT molecular complexity index is 583. The first-order chi connectivity index (χ1) is 7.63. The Labute approximate surface area is 89.3 Å². The molecule has 0 radical (unpaired) electrons. The van der Waals surface area contributed by atoms with Crippen molar-refractivity contribution < 1.29 is 8.78 Å². The number of rotatable bonds is 1. The van der Waals surface area contributed by atoms with E-state index in [0.717, 1.165) is 6.07 Å². The van der Waals surface area contributed by atoms with Crippen molar-refractivity contribution in [2.45, 2.75) is 0 Å². The van der Waals surface area contributed by atoms with Crippen molar-refractivity contribution >= 4 is 5.82 Å². The summed E-state index contributed by atoms with van der Waals surface area (Å²) < 4.78 is 26.5. The third-order valence-electron chi connectivity index (χ3n) is 2.14. The predicted molar refractivity (Wildman–Crippen MR) is 53.1 cm³/mol. The first-order valence-electron chi connectivity index (χ1n) is 4.32. The lowest BCUT2D eigenvalue weighted by Gasteiger charge is -2.03. The fourth-order valence-electron chi connectivity index (χ4n) is 1.35. The summed E-state index contributed by atoms with van der Waals surface area (Å²) in [7, 11) is 0. The highest BCUT2D eigenvalue weighted by molar-refractivity contribution is 5.74. The molecular weight excluding hydrogens is 214 g/mol. The summed E-state index contributed by atoms with van der Waals surface area (Å²) in [4.78, 5) is 0. The Morgan fingerprint density at radius 3 is 2.56 bits per heavy atom. The van der Waals surface area contributed by atoms with Crippen LogP contribution in [-0.4, -0.2) is 10.2 Å². The quantitative estimate of drug-likeness (QED) is 0.769. The molecule has 0 saturated heterocycles. The molecule has 80 valence electrons. The minimum Gasteiger partial charge on any atom is -0.384 e. The smallest absolute Gasteiger partial charge is 0.143 e. The molecule has 6 heteroatoms. The highest BCUT2D eigenvalue weighted by Crippen LogP contribution is 2.28. The number of anilines is 1. The Morgan fingerprint density at radius 2 is 2.00 bits per heavy atom. The fraction of sp³-hybridized carbons (Fsp3) is 0. The Balaban J connectivity index is 2.67. The molecule has 0 aliphatic carbocycles. The maximum absolute atomic E-state index is 13.5. The normalized spacial score (nSPS) is 10.1. The van der Waals surface area contributed by atoms with Crippen LogP contribution in [0.25, 0.3) is 11.1 Å². The number of aromatic amines is 1. The predicted octanol–water partition coefficient (Wildman–Crippen LogP) is 1.81. The summed E-state index contributed by atoms with van der Waals surface area (Å²) in [6.45, 7) is 0. The highest BCUT2D eigenvalue weighted by atomic mass is 19.1. The van der Waals surface area contributed by atoms with Gasteiger partial charge in [-0.1, -0.05) is 0 Å². The van der Waals surface area contributed by atoms with Crippen molar-refractivity contribution in [2.75, 3.05) is 5.73 Å². The van der Waals surface area contributed by atoms with Gasteiger partial charge in [-0.2, -0.15) is 10.4 Å². The van der Waals surface area contributed by atoms with Gasteiger partial charge in [0.05, 0.1) is 11.8 Å². The van der Waals surface area contributed by atoms with Crippen molar-refractivity contribution in [3.63, 3.8) is 0 Å². The third kappa shape index (κ3) is 1.48. The molecule has 0 fully saturated rings. The molecule has 0 bridgehead atoms. The zero-order valence-electron chi connectivity index (χ0n) is 7.96. The van der Waals surface area contributed by atoms with Crippen LogP contribution in [-0.2, 0) is 0 Å². The van der Waals surface area contributed by atoms with Crippen LogP contribution in [0.15, 0.2) is 18.3 Å². The van der Waals surface area contributed by atoms with Crippen LogP contribution >= 0.6 is 0 Å². The molecule has 0 saturated carbocycles. The summed E-state index contributed by atoms with van der Waals surface area (Å²) in [6.07, 6.45) is 1.31. The van der Waals surface area contributed by atoms with Gasteiger partial charge in [-0.05, 0) is 6.07 Å². The molecule has 0 atom stereocenters. The highest BCUT2D eigenvalue weighted by Gasteiger charge is 2.14. The molecule has 0 aliphatic heterocycles. The number of nitrogens with two attached hydrogens (primary N) is 1. The van der Waals surface area contributed by atoms with Gasteiger partial charge >= 0.3 is 0 Å². The second-order valence-corrected chi connectivity index (χ2v) is 3.12. The molecule has 2 rings (SSSR count). The molecule has 1 aromatic heterocycles. The average Bonchev–Trinajstić information content (AvgIpc) is 2.65. The van der Waals surface area contributed by atoms with Gasteiger partial charge in [-0.25, -0.2) is 8.78 Å². The molecule has 0 amide bonds. The number of H-pyrrole nitrogens is 1. The van der Waals surface area contributed by atoms with Crippen LogP contribution in [0, 0.1) is 23.0 Å². The Hall–Kier alpha value is -2.42. The molecule has 4 nitrogen and oxygen atoms in total. The number of nitrogen functional groups attached to an aromatic ring is 1. The van der Waals surface area contributed by atoms with Gasteiger partial charge in [0.15, 0.2) is 0 Å². The fourth-order valence-corrected chi connectivity index (χ4v) is 1.35. The van der Waals surface area contributed by atoms with E-state index in [-0.39, 0.29) is 16.9 Å². The lowest BCUT2D eigenvalue weighted by atomic mass is 10.0. The SMILES string of the molecule is N#Cc1cc(-c2cn[nH]c2N)c(F)cc1F. The minimum atomic E-state index is -0.897. The van der Waals surface area contributed by atoms with E-state index in [0.29, 0.717) is 11.6 Å². The summed E-state index contributed by atoms with van der Waals surface area (Å²) >= 11 is 0. The second-order valence-electron chi connectivity index (χ2n) is 3.12. The van der Waals surface area contributed by atoms with E-state index < -0.39 is 11.6 Å². The Kier molecular flexibility index (Phi) is 2.29. The molecule has 0 spiro atoms. The van der Waals surface area contributed by atoms with Crippen LogP contribution in [0.4, 0.5) is 14.6 Å². The molecule has 0 unspecified atom stereocenters. The first kappa shape index (κ1) is 10.1. The van der Waals surface area contributed by atoms with E-state index >= 15 is 0 Å². The van der Waals surface area contributed by atoms with Crippen molar-refractivity contribution in [3.8, 4) is 17.2 Å². The van der Waals surface area contributed by atoms with E-state index in [1.54, 1.807) is 6.07 Å². The number of nitriles is 1. The average molecular weight is 220 g/mol. The van der Waals surface area contributed by atoms with Gasteiger partial charge in [0.1, 0.15) is 23.5 Å². The van der Waals surface area contributed by atoms with Gasteiger partial charge < -0.3 is 5.73 Å². The van der Waals surface area contributed by atoms with E-state index in [1.807, 2.05) is 0 Å². The number of benzene rings is 1. The largest absolute Gasteiger partial charge is 0.384 e. The lowest BCUT2D eigenvalue weighted by molar-refractivity contribution is 0.583. The van der Waals surface area contributed by atoms with E-state index in [4.69, 9.17) is 11.0 Å². The topological polar surface area (TPSA) is 78.5 Å². The Morgan fingerprint density at radius 1 is 1.25 bits per heavy atom. The third-order valence-corrected chi connectivity index (χ3v) is 2.14. The molecular formula is C10H6F2N4. The zero-order valence-corrected chi connectivity index (χ0v) is 7.96. The van der Waals surface area contributed by atoms with Crippen molar-refractivity contribution in [1.29, 1.82) is 5.26 Å². The molecule has 1 heterocycles. The van der Waals surface area contributed by atoms with Crippen LogP contribution in [0.3, 0.4) is 0 Å². The molecule has 2 aromatic rings. The monoisotopic (exact) mass is 220 g/mol. The summed E-state index contributed by atoms with van der Waals surface area (Å²) in [6, 6.07) is 3.39. The van der Waals surface area contributed by atoms with Crippen LogP contribution in [0.2, 0.25) is 0 Å². The number of aromatic nitrogens is 2. The molecule has 0 aliphatic rings. The van der Waals surface area contributed by atoms with E-state index in [9.17, 15) is 8.78 Å². The summed E-state index contributed by atoms with van der Waals surface area (Å²) in [5, 5.41) is 14.7. The number of hydrogen-bond donors (Lipinski definition) is 2. The zero-order chi connectivity index (χ0) is 11.7. The van der Waals surface area contributed by atoms with Crippen LogP contribution in [0.1, 0.15) is 5.56 Å². The number of nitrogens with zero attached hydrogens (tertiary/aromatic N) is 2. The van der Waals surface area contributed by atoms with Crippen molar-refractivity contribution in [2.24, 2.45) is 0 Å². The number of nitrogens with one attached hydrogen (secondary N) is 1. The summed E-state index contributed by atoms with van der Waals surface area (Å²) in [5.41, 5.74) is 5.62. The van der Waals surface area contributed by atoms with Crippen molar-refractivity contribution in [3.05, 3.63) is 35.5 Å². The van der Waals surface area contributed by atoms with Crippen LogP contribution in [0.5, 0.6) is 0 Å². The molecule has 1 aromatic carbocycles. The van der Waals surface area contributed by atoms with Crippen molar-refractivity contribution in [1.82, 2.24) is 10.2 Å². The van der Waals surface area contributed by atoms with Gasteiger partial charge in [0.25, 0.3) is 0 Å². The first-order valence-corrected chi connectivity index (χ1v) is 4.32. The molecule has 3 N–H and O–H groups in total. The second kappa shape index (κ2) is 3.62. The minimum absolute atomic E-state index is 0.0456. The van der Waals surface area contributed by atoms with Gasteiger partial charge in [-0.15, -0.1) is 0 Å².